The maximum Gasteiger partial charge on any atom is 0.226 e. The molecule has 2 aromatic heterocycles. The van der Waals surface area contributed by atoms with E-state index in [9.17, 15) is 23.4 Å². The second-order valence-electron chi connectivity index (χ2n) is 9.41. The molecule has 1 aliphatic rings. The molecular weight excluding hydrogens is 518 g/mol. The first-order chi connectivity index (χ1) is 18.0. The quantitative estimate of drug-likeness (QED) is 0.140. The molecule has 0 saturated carbocycles. The second kappa shape index (κ2) is 13.4. The summed E-state index contributed by atoms with van der Waals surface area (Å²) in [6, 6.07) is 0. The number of unbranched alkanes of at least 4 members (excludes halogenated alkanes) is 2. The lowest BCUT2D eigenvalue weighted by atomic mass is 10.1. The van der Waals surface area contributed by atoms with Gasteiger partial charge in [0.2, 0.25) is 21.9 Å². The van der Waals surface area contributed by atoms with Crippen LogP contribution in [0.25, 0.3) is 11.2 Å². The Bertz CT molecular complexity index is 1180. The number of aliphatic hydroxyl groups excluding tert-OH is 2. The molecule has 0 bridgehead atoms. The third-order valence-electron chi connectivity index (χ3n) is 6.27. The van der Waals surface area contributed by atoms with Crippen molar-refractivity contribution in [2.24, 2.45) is 0 Å². The Hall–Kier alpha value is -2.63. The van der Waals surface area contributed by atoms with Gasteiger partial charge in [-0.1, -0.05) is 13.3 Å². The number of ether oxygens (including phenoxy) is 1. The number of fused-ring (bicyclic) bond motifs is 1. The summed E-state index contributed by atoms with van der Waals surface area (Å²) in [4.78, 5) is 26.9. The molecule has 4 atom stereocenters. The van der Waals surface area contributed by atoms with Crippen molar-refractivity contribution >= 4 is 38.9 Å². The number of anilines is 2. The molecule has 7 N–H and O–H groups in total. The molecule has 15 nitrogen and oxygen atoms in total. The monoisotopic (exact) mass is 557 g/mol. The van der Waals surface area contributed by atoms with Gasteiger partial charge in [-0.3, -0.25) is 9.36 Å². The predicted octanol–water partition coefficient (Wildman–Crippen LogP) is -1.38. The van der Waals surface area contributed by atoms with E-state index >= 15 is 0 Å². The van der Waals surface area contributed by atoms with Gasteiger partial charge in [0.25, 0.3) is 0 Å². The van der Waals surface area contributed by atoms with Gasteiger partial charge in [-0.05, 0) is 26.4 Å². The number of rotatable bonds is 15. The van der Waals surface area contributed by atoms with Crippen LogP contribution >= 0.6 is 0 Å². The van der Waals surface area contributed by atoms with Gasteiger partial charge in [-0.25, -0.2) is 18.1 Å². The van der Waals surface area contributed by atoms with Crippen molar-refractivity contribution in [2.75, 3.05) is 57.1 Å². The zero-order valence-electron chi connectivity index (χ0n) is 22.0. The van der Waals surface area contributed by atoms with Crippen LogP contribution in [0.15, 0.2) is 6.33 Å². The van der Waals surface area contributed by atoms with Gasteiger partial charge in [0.1, 0.15) is 23.8 Å². The average molecular weight is 558 g/mol. The van der Waals surface area contributed by atoms with Crippen LogP contribution in [0.4, 0.5) is 11.8 Å². The highest BCUT2D eigenvalue weighted by atomic mass is 32.2. The summed E-state index contributed by atoms with van der Waals surface area (Å²) in [6.45, 7) is 4.25. The third-order valence-corrected chi connectivity index (χ3v) is 6.99. The molecular formula is C22H39N9O6S. The van der Waals surface area contributed by atoms with Crippen molar-refractivity contribution in [3.63, 3.8) is 0 Å². The Morgan fingerprint density at radius 1 is 1.18 bits per heavy atom. The van der Waals surface area contributed by atoms with E-state index in [2.05, 4.69) is 30.3 Å². The number of amides is 1. The number of sulfonamides is 1. The largest absolute Gasteiger partial charge is 0.387 e. The molecule has 38 heavy (non-hydrogen) atoms. The number of aliphatic hydroxyl groups is 2. The molecule has 0 aliphatic carbocycles. The predicted molar refractivity (Wildman–Crippen MR) is 142 cm³/mol. The molecule has 1 aliphatic heterocycles. The summed E-state index contributed by atoms with van der Waals surface area (Å²) < 4.78 is 32.0. The number of likely N-dealkylation sites (N-methyl/N-ethyl adjacent to an activating group) is 1. The van der Waals surface area contributed by atoms with E-state index in [1.165, 1.54) is 10.9 Å². The minimum absolute atomic E-state index is 0.106. The van der Waals surface area contributed by atoms with Crippen molar-refractivity contribution in [1.29, 1.82) is 0 Å². The number of hydrogen-bond donors (Lipinski definition) is 6. The molecule has 4 unspecified atom stereocenters. The van der Waals surface area contributed by atoms with Gasteiger partial charge in [0.15, 0.2) is 17.7 Å². The Morgan fingerprint density at radius 2 is 1.95 bits per heavy atom. The van der Waals surface area contributed by atoms with Gasteiger partial charge >= 0.3 is 0 Å². The molecule has 1 fully saturated rings. The molecule has 214 valence electrons. The lowest BCUT2D eigenvalue weighted by molar-refractivity contribution is -0.121. The van der Waals surface area contributed by atoms with Gasteiger partial charge in [0.05, 0.1) is 12.6 Å². The lowest BCUT2D eigenvalue weighted by Crippen LogP contribution is -2.38. The molecule has 1 amide bonds. The highest BCUT2D eigenvalue weighted by Gasteiger charge is 2.44. The molecule has 3 heterocycles. The number of nitrogen functional groups attached to an aromatic ring is 1. The summed E-state index contributed by atoms with van der Waals surface area (Å²) >= 11 is 0. The number of imidazole rings is 1. The summed E-state index contributed by atoms with van der Waals surface area (Å²) in [5.74, 6) is 0.256. The standard InChI is InChI=1S/C22H39N9O6S/c1-4-30(2)12-14-17(33)18(34)21(37-14)31-13-26-16-19(23)28-22(29-20(16)31)25-11-10-24-15(32)8-6-5-7-9-27-38(3,35)36/h13-14,17-18,21,27,33-34H,4-12H2,1-3H3,(H,24,32)(H3,23,25,28,29). The Morgan fingerprint density at radius 3 is 2.66 bits per heavy atom. The summed E-state index contributed by atoms with van der Waals surface area (Å²) in [7, 11) is -1.28. The Kier molecular flexibility index (Phi) is 10.6. The van der Waals surface area contributed by atoms with E-state index < -0.39 is 34.6 Å². The van der Waals surface area contributed by atoms with Crippen molar-refractivity contribution in [3.05, 3.63) is 6.33 Å². The third kappa shape index (κ3) is 8.18. The van der Waals surface area contributed by atoms with Gasteiger partial charge in [-0.15, -0.1) is 0 Å². The molecule has 3 rings (SSSR count). The fourth-order valence-corrected chi connectivity index (χ4v) is 4.57. The van der Waals surface area contributed by atoms with Crippen LogP contribution in [0.5, 0.6) is 0 Å². The van der Waals surface area contributed by atoms with Crippen LogP contribution in [-0.2, 0) is 19.6 Å². The number of nitrogens with two attached hydrogens (primary N) is 1. The van der Waals surface area contributed by atoms with Gasteiger partial charge in [-0.2, -0.15) is 9.97 Å². The fourth-order valence-electron chi connectivity index (χ4n) is 4.06. The molecule has 16 heteroatoms. The molecule has 0 radical (unpaired) electrons. The van der Waals surface area contributed by atoms with Crippen molar-refractivity contribution in [3.8, 4) is 0 Å². The topological polar surface area (TPSA) is 210 Å². The highest BCUT2D eigenvalue weighted by Crippen LogP contribution is 2.32. The van der Waals surface area contributed by atoms with Crippen LogP contribution < -0.4 is 21.1 Å². The van der Waals surface area contributed by atoms with Crippen molar-refractivity contribution in [2.45, 2.75) is 57.1 Å². The van der Waals surface area contributed by atoms with E-state index in [0.717, 1.165) is 19.2 Å². The number of aromatic nitrogens is 4. The number of carbonyl (C=O) groups is 1. The summed E-state index contributed by atoms with van der Waals surface area (Å²) in [5, 5.41) is 27.0. The SMILES string of the molecule is CCN(C)CC1OC(n2cnc3c(N)nc(NCCNC(=O)CCCCCNS(C)(=O)=O)nc32)C(O)C1O. The van der Waals surface area contributed by atoms with Gasteiger partial charge in [0, 0.05) is 32.6 Å². The highest BCUT2D eigenvalue weighted by molar-refractivity contribution is 7.88. The molecule has 0 spiro atoms. The van der Waals surface area contributed by atoms with Crippen LogP contribution in [0.2, 0.25) is 0 Å². The minimum Gasteiger partial charge on any atom is -0.387 e. The number of nitrogens with one attached hydrogen (secondary N) is 3. The average Bonchev–Trinajstić information content (AvgIpc) is 3.40. The lowest BCUT2D eigenvalue weighted by Gasteiger charge is -2.21. The number of hydrogen-bond acceptors (Lipinski definition) is 12. The first-order valence-corrected chi connectivity index (χ1v) is 14.5. The molecule has 2 aromatic rings. The normalized spacial score (nSPS) is 21.8. The first kappa shape index (κ1) is 29.9. The maximum absolute atomic E-state index is 12.0. The number of nitrogens with zero attached hydrogens (tertiary/aromatic N) is 5. The van der Waals surface area contributed by atoms with Crippen LogP contribution in [0.3, 0.4) is 0 Å². The van der Waals surface area contributed by atoms with Crippen LogP contribution in [-0.4, -0.2) is 113 Å². The number of carbonyl (C=O) groups excluding carboxylic acids is 1. The van der Waals surface area contributed by atoms with Crippen molar-refractivity contribution in [1.82, 2.24) is 34.5 Å². The zero-order chi connectivity index (χ0) is 27.9. The van der Waals surface area contributed by atoms with Gasteiger partial charge < -0.3 is 36.2 Å². The zero-order valence-corrected chi connectivity index (χ0v) is 22.8. The van der Waals surface area contributed by atoms with E-state index in [1.54, 1.807) is 0 Å². The minimum atomic E-state index is -3.18. The molecule has 0 aromatic carbocycles. The summed E-state index contributed by atoms with van der Waals surface area (Å²) in [5.41, 5.74) is 6.76. The maximum atomic E-state index is 12.0. The van der Waals surface area contributed by atoms with E-state index in [4.69, 9.17) is 10.5 Å². The Labute approximate surface area is 222 Å². The first-order valence-electron chi connectivity index (χ1n) is 12.7. The molecule has 1 saturated heterocycles. The van der Waals surface area contributed by atoms with Crippen LogP contribution in [0.1, 0.15) is 38.8 Å². The fraction of sp³-hybridized carbons (Fsp3) is 0.727. The second-order valence-corrected chi connectivity index (χ2v) is 11.2. The van der Waals surface area contributed by atoms with Crippen molar-refractivity contribution < 1.29 is 28.2 Å². The van der Waals surface area contributed by atoms with E-state index in [1.807, 2.05) is 18.9 Å². The van der Waals surface area contributed by atoms with Crippen LogP contribution in [0, 0.1) is 0 Å². The van der Waals surface area contributed by atoms with E-state index in [-0.39, 0.29) is 17.7 Å². The van der Waals surface area contributed by atoms with E-state index in [0.29, 0.717) is 56.6 Å². The summed E-state index contributed by atoms with van der Waals surface area (Å²) in [6.07, 6.45) is 1.24. The smallest absolute Gasteiger partial charge is 0.226 e. The Balaban J connectivity index is 1.50.